The van der Waals surface area contributed by atoms with Gasteiger partial charge < -0.3 is 9.42 Å². The summed E-state index contributed by atoms with van der Waals surface area (Å²) in [6, 6.07) is 11.7. The number of hydrogen-bond acceptors (Lipinski definition) is 5. The summed E-state index contributed by atoms with van der Waals surface area (Å²) in [5, 5.41) is 12.3. The molecule has 1 amide bonds. The smallest absolute Gasteiger partial charge is 0.276 e. The number of nitrogens with zero attached hydrogens (tertiary/aromatic N) is 5. The van der Waals surface area contributed by atoms with E-state index in [1.807, 2.05) is 41.2 Å². The Balaban J connectivity index is 1.47. The van der Waals surface area contributed by atoms with Crippen LogP contribution in [-0.2, 0) is 0 Å². The summed E-state index contributed by atoms with van der Waals surface area (Å²) in [7, 11) is 0. The normalized spacial score (nSPS) is 17.4. The van der Waals surface area contributed by atoms with Gasteiger partial charge in [0.25, 0.3) is 5.91 Å². The molecule has 7 heteroatoms. The van der Waals surface area contributed by atoms with Crippen molar-refractivity contribution < 1.29 is 9.32 Å². The van der Waals surface area contributed by atoms with Gasteiger partial charge in [0, 0.05) is 24.7 Å². The van der Waals surface area contributed by atoms with Crippen LogP contribution in [0.2, 0.25) is 0 Å². The number of hydrogen-bond donors (Lipinski definition) is 0. The van der Waals surface area contributed by atoms with Crippen molar-refractivity contribution in [3.8, 4) is 11.3 Å². The average molecular weight is 323 g/mol. The standard InChI is InChI=1S/C17H17N5O2/c1-12-9-15(19-24-12)17(23)21-8-7-14(10-21)22-11-16(18-20-22)13-5-3-2-4-6-13/h2-6,9,11,14H,7-8,10H2,1H3/t14-/m0/s1. The Morgan fingerprint density at radius 3 is 2.88 bits per heavy atom. The maximum Gasteiger partial charge on any atom is 0.276 e. The molecule has 7 nitrogen and oxygen atoms in total. The maximum atomic E-state index is 12.4. The molecule has 0 bridgehead atoms. The van der Waals surface area contributed by atoms with E-state index >= 15 is 0 Å². The largest absolute Gasteiger partial charge is 0.361 e. The van der Waals surface area contributed by atoms with E-state index in [0.717, 1.165) is 17.7 Å². The van der Waals surface area contributed by atoms with Crippen LogP contribution in [0.15, 0.2) is 47.1 Å². The summed E-state index contributed by atoms with van der Waals surface area (Å²) in [5.41, 5.74) is 2.23. The minimum absolute atomic E-state index is 0.0993. The van der Waals surface area contributed by atoms with E-state index in [1.54, 1.807) is 17.9 Å². The Morgan fingerprint density at radius 1 is 1.29 bits per heavy atom. The summed E-state index contributed by atoms with van der Waals surface area (Å²) >= 11 is 0. The molecule has 1 saturated heterocycles. The highest BCUT2D eigenvalue weighted by atomic mass is 16.5. The molecule has 0 saturated carbocycles. The van der Waals surface area contributed by atoms with Gasteiger partial charge >= 0.3 is 0 Å². The summed E-state index contributed by atoms with van der Waals surface area (Å²) in [5.74, 6) is 0.538. The monoisotopic (exact) mass is 323 g/mol. The van der Waals surface area contributed by atoms with Crippen LogP contribution in [0.1, 0.15) is 28.7 Å². The number of aromatic nitrogens is 4. The van der Waals surface area contributed by atoms with E-state index in [-0.39, 0.29) is 11.9 Å². The Labute approximate surface area is 138 Å². The first-order valence-corrected chi connectivity index (χ1v) is 7.90. The lowest BCUT2D eigenvalue weighted by atomic mass is 10.2. The molecule has 0 unspecified atom stereocenters. The molecule has 0 radical (unpaired) electrons. The third-order valence-corrected chi connectivity index (χ3v) is 4.25. The van der Waals surface area contributed by atoms with Crippen LogP contribution in [-0.4, -0.2) is 44.0 Å². The van der Waals surface area contributed by atoms with Gasteiger partial charge in [0.15, 0.2) is 5.69 Å². The minimum atomic E-state index is -0.0993. The number of benzene rings is 1. The highest BCUT2D eigenvalue weighted by molar-refractivity contribution is 5.92. The van der Waals surface area contributed by atoms with Crippen LogP contribution in [0.5, 0.6) is 0 Å². The zero-order chi connectivity index (χ0) is 16.5. The second-order valence-corrected chi connectivity index (χ2v) is 5.97. The lowest BCUT2D eigenvalue weighted by molar-refractivity contribution is 0.0776. The van der Waals surface area contributed by atoms with Gasteiger partial charge in [-0.2, -0.15) is 0 Å². The number of amides is 1. The molecule has 1 fully saturated rings. The molecular weight excluding hydrogens is 306 g/mol. The fourth-order valence-corrected chi connectivity index (χ4v) is 2.97. The molecule has 3 aromatic rings. The predicted octanol–water partition coefficient (Wildman–Crippen LogP) is 2.33. The first-order chi connectivity index (χ1) is 11.7. The van der Waals surface area contributed by atoms with Crippen molar-refractivity contribution in [2.45, 2.75) is 19.4 Å². The van der Waals surface area contributed by atoms with Gasteiger partial charge in [-0.05, 0) is 13.3 Å². The maximum absolute atomic E-state index is 12.4. The van der Waals surface area contributed by atoms with Crippen LogP contribution >= 0.6 is 0 Å². The van der Waals surface area contributed by atoms with Crippen molar-refractivity contribution in [2.24, 2.45) is 0 Å². The van der Waals surface area contributed by atoms with Crippen molar-refractivity contribution in [3.05, 3.63) is 54.0 Å². The number of likely N-dealkylation sites (tertiary alicyclic amines) is 1. The highest BCUT2D eigenvalue weighted by Crippen LogP contribution is 2.24. The molecule has 3 heterocycles. The zero-order valence-corrected chi connectivity index (χ0v) is 13.3. The lowest BCUT2D eigenvalue weighted by Crippen LogP contribution is -2.29. The van der Waals surface area contributed by atoms with Crippen LogP contribution in [0.3, 0.4) is 0 Å². The Morgan fingerprint density at radius 2 is 2.12 bits per heavy atom. The topological polar surface area (TPSA) is 77.1 Å². The Kier molecular flexibility index (Phi) is 3.60. The molecule has 0 spiro atoms. The molecule has 0 N–H and O–H groups in total. The molecular formula is C17H17N5O2. The first kappa shape index (κ1) is 14.6. The molecule has 24 heavy (non-hydrogen) atoms. The fraction of sp³-hybridized carbons (Fsp3) is 0.294. The number of aryl methyl sites for hydroxylation is 1. The van der Waals surface area contributed by atoms with Crippen LogP contribution < -0.4 is 0 Å². The third-order valence-electron chi connectivity index (χ3n) is 4.25. The molecule has 4 rings (SSSR count). The second kappa shape index (κ2) is 5.92. The minimum Gasteiger partial charge on any atom is -0.361 e. The van der Waals surface area contributed by atoms with Crippen molar-refractivity contribution in [1.29, 1.82) is 0 Å². The lowest BCUT2D eigenvalue weighted by Gasteiger charge is -2.14. The molecule has 1 aliphatic heterocycles. The second-order valence-electron chi connectivity index (χ2n) is 5.97. The molecule has 1 aliphatic rings. The molecule has 122 valence electrons. The van der Waals surface area contributed by atoms with Gasteiger partial charge in [0.1, 0.15) is 11.5 Å². The van der Waals surface area contributed by atoms with Crippen LogP contribution in [0, 0.1) is 6.92 Å². The molecule has 1 atom stereocenters. The molecule has 2 aromatic heterocycles. The van der Waals surface area contributed by atoms with Gasteiger partial charge in [-0.25, -0.2) is 4.68 Å². The summed E-state index contributed by atoms with van der Waals surface area (Å²) in [4.78, 5) is 14.2. The summed E-state index contributed by atoms with van der Waals surface area (Å²) in [6.07, 6.45) is 2.79. The van der Waals surface area contributed by atoms with E-state index in [1.165, 1.54) is 0 Å². The summed E-state index contributed by atoms with van der Waals surface area (Å²) in [6.45, 7) is 3.05. The van der Waals surface area contributed by atoms with Crippen LogP contribution in [0.25, 0.3) is 11.3 Å². The van der Waals surface area contributed by atoms with Gasteiger partial charge in [-0.1, -0.05) is 40.7 Å². The van der Waals surface area contributed by atoms with E-state index in [9.17, 15) is 4.79 Å². The quantitative estimate of drug-likeness (QED) is 0.739. The van der Waals surface area contributed by atoms with E-state index in [2.05, 4.69) is 15.5 Å². The number of carbonyl (C=O) groups is 1. The fourth-order valence-electron chi connectivity index (χ4n) is 2.97. The zero-order valence-electron chi connectivity index (χ0n) is 13.3. The van der Waals surface area contributed by atoms with Gasteiger partial charge in [0.05, 0.1) is 12.2 Å². The van der Waals surface area contributed by atoms with Crippen molar-refractivity contribution in [3.63, 3.8) is 0 Å². The van der Waals surface area contributed by atoms with Crippen molar-refractivity contribution >= 4 is 5.91 Å². The SMILES string of the molecule is Cc1cc(C(=O)N2CC[C@H](n3cc(-c4ccccc4)nn3)C2)no1. The molecule has 0 aliphatic carbocycles. The van der Waals surface area contributed by atoms with E-state index in [0.29, 0.717) is 24.5 Å². The van der Waals surface area contributed by atoms with Crippen molar-refractivity contribution in [1.82, 2.24) is 25.1 Å². The van der Waals surface area contributed by atoms with E-state index in [4.69, 9.17) is 4.52 Å². The average Bonchev–Trinajstić information content (AvgIpc) is 3.35. The summed E-state index contributed by atoms with van der Waals surface area (Å²) < 4.78 is 6.83. The van der Waals surface area contributed by atoms with Gasteiger partial charge in [-0.3, -0.25) is 4.79 Å². The Bertz CT molecular complexity index is 855. The number of rotatable bonds is 3. The number of carbonyl (C=O) groups excluding carboxylic acids is 1. The Hall–Kier alpha value is -2.96. The van der Waals surface area contributed by atoms with Crippen molar-refractivity contribution in [2.75, 3.05) is 13.1 Å². The third kappa shape index (κ3) is 2.68. The first-order valence-electron chi connectivity index (χ1n) is 7.90. The van der Waals surface area contributed by atoms with Gasteiger partial charge in [0.2, 0.25) is 0 Å². The highest BCUT2D eigenvalue weighted by Gasteiger charge is 2.30. The molecule has 1 aromatic carbocycles. The van der Waals surface area contributed by atoms with E-state index < -0.39 is 0 Å². The van der Waals surface area contributed by atoms with Gasteiger partial charge in [-0.15, -0.1) is 5.10 Å². The van der Waals surface area contributed by atoms with Crippen LogP contribution in [0.4, 0.5) is 0 Å². The predicted molar refractivity (Wildman–Crippen MR) is 86.3 cm³/mol.